The van der Waals surface area contributed by atoms with Gasteiger partial charge < -0.3 is 11.1 Å². The number of anilines is 1. The summed E-state index contributed by atoms with van der Waals surface area (Å²) in [5.74, 6) is -1.35. The smallest absolute Gasteiger partial charge is 0.251 e. The fourth-order valence-corrected chi connectivity index (χ4v) is 5.66. The van der Waals surface area contributed by atoms with Gasteiger partial charge in [-0.2, -0.15) is 0 Å². The average Bonchev–Trinajstić information content (AvgIpc) is 3.17. The Kier molecular flexibility index (Phi) is 5.39. The second kappa shape index (κ2) is 7.44. The summed E-state index contributed by atoms with van der Waals surface area (Å²) in [6.07, 6.45) is 2.74. The van der Waals surface area contributed by atoms with Gasteiger partial charge >= 0.3 is 0 Å². The van der Waals surface area contributed by atoms with E-state index in [0.29, 0.717) is 5.00 Å². The number of carbonyl (C=O) groups excluding carboxylic acids is 2. The number of hydrogen-bond acceptors (Lipinski definition) is 5. The highest BCUT2D eigenvalue weighted by Gasteiger charge is 2.22. The molecule has 0 radical (unpaired) electrons. The number of aryl methyl sites for hydroxylation is 3. The van der Waals surface area contributed by atoms with E-state index in [2.05, 4.69) is 5.32 Å². The normalized spacial score (nSPS) is 13.4. The van der Waals surface area contributed by atoms with Crippen LogP contribution in [0.1, 0.15) is 44.8 Å². The van der Waals surface area contributed by atoms with Gasteiger partial charge in [-0.25, -0.2) is 8.42 Å². The molecule has 1 heterocycles. The molecule has 1 aliphatic rings. The summed E-state index contributed by atoms with van der Waals surface area (Å²) >= 11 is 1.26. The molecule has 0 bridgehead atoms. The molecule has 0 spiro atoms. The van der Waals surface area contributed by atoms with Crippen molar-refractivity contribution in [3.05, 3.63) is 45.3 Å². The molecule has 0 unspecified atom stereocenters. The summed E-state index contributed by atoms with van der Waals surface area (Å²) < 4.78 is 25.1. The lowest BCUT2D eigenvalue weighted by Crippen LogP contribution is -2.20. The van der Waals surface area contributed by atoms with Crippen molar-refractivity contribution in [1.29, 1.82) is 0 Å². The maximum Gasteiger partial charge on any atom is 0.251 e. The number of rotatable bonds is 6. The summed E-state index contributed by atoms with van der Waals surface area (Å²) in [4.78, 5) is 25.0. The van der Waals surface area contributed by atoms with Gasteiger partial charge in [-0.1, -0.05) is 6.07 Å². The largest absolute Gasteiger partial charge is 0.365 e. The van der Waals surface area contributed by atoms with Crippen LogP contribution < -0.4 is 11.1 Å². The van der Waals surface area contributed by atoms with Crippen molar-refractivity contribution in [2.75, 3.05) is 11.1 Å². The zero-order chi connectivity index (χ0) is 19.8. The molecule has 1 aliphatic carbocycles. The lowest BCUT2D eigenvalue weighted by Gasteiger charge is -2.08. The predicted molar refractivity (Wildman–Crippen MR) is 106 cm³/mol. The van der Waals surface area contributed by atoms with E-state index < -0.39 is 21.7 Å². The van der Waals surface area contributed by atoms with E-state index in [1.165, 1.54) is 16.9 Å². The molecule has 2 aromatic rings. The van der Waals surface area contributed by atoms with Gasteiger partial charge in [0.05, 0.1) is 16.2 Å². The van der Waals surface area contributed by atoms with Crippen molar-refractivity contribution >= 4 is 38.0 Å². The second-order valence-electron chi connectivity index (χ2n) is 6.75. The molecule has 8 heteroatoms. The number of nitrogens with two attached hydrogens (primary N) is 1. The van der Waals surface area contributed by atoms with E-state index in [1.807, 2.05) is 13.0 Å². The molecule has 2 amide bonds. The molecule has 0 atom stereocenters. The quantitative estimate of drug-likeness (QED) is 0.769. The topological polar surface area (TPSA) is 106 Å². The molecule has 0 aliphatic heterocycles. The molecule has 27 heavy (non-hydrogen) atoms. The molecular weight excluding hydrogens is 384 g/mol. The first-order valence-corrected chi connectivity index (χ1v) is 11.2. The maximum atomic E-state index is 12.6. The average molecular weight is 407 g/mol. The van der Waals surface area contributed by atoms with Gasteiger partial charge in [0.25, 0.3) is 5.91 Å². The van der Waals surface area contributed by atoms with Crippen LogP contribution in [0.15, 0.2) is 23.1 Å². The van der Waals surface area contributed by atoms with Crippen LogP contribution in [-0.2, 0) is 27.5 Å². The Balaban J connectivity index is 1.69. The third-order valence-electron chi connectivity index (χ3n) is 4.91. The molecule has 1 aromatic heterocycles. The minimum atomic E-state index is -3.55. The molecule has 0 saturated carbocycles. The molecule has 0 fully saturated rings. The van der Waals surface area contributed by atoms with Crippen LogP contribution in [0.5, 0.6) is 0 Å². The van der Waals surface area contributed by atoms with Crippen LogP contribution in [0.25, 0.3) is 0 Å². The molecule has 3 rings (SSSR count). The van der Waals surface area contributed by atoms with Gasteiger partial charge in [0.2, 0.25) is 5.91 Å². The molecule has 1 aromatic carbocycles. The van der Waals surface area contributed by atoms with E-state index in [1.54, 1.807) is 19.1 Å². The van der Waals surface area contributed by atoms with Crippen molar-refractivity contribution in [2.45, 2.75) is 44.4 Å². The summed E-state index contributed by atoms with van der Waals surface area (Å²) in [6.45, 7) is 3.60. The van der Waals surface area contributed by atoms with Gasteiger partial charge in [0.15, 0.2) is 9.84 Å². The molecule has 3 N–H and O–H groups in total. The highest BCUT2D eigenvalue weighted by atomic mass is 32.2. The Morgan fingerprint density at radius 2 is 1.89 bits per heavy atom. The Hall–Kier alpha value is -2.19. The van der Waals surface area contributed by atoms with E-state index in [4.69, 9.17) is 5.73 Å². The minimum absolute atomic E-state index is 0.187. The summed E-state index contributed by atoms with van der Waals surface area (Å²) in [6, 6.07) is 5.22. The Morgan fingerprint density at radius 1 is 1.19 bits per heavy atom. The number of thiophene rings is 1. The number of hydrogen-bond donors (Lipinski definition) is 2. The number of amides is 2. The fraction of sp³-hybridized carbons (Fsp3) is 0.368. The number of fused-ring (bicyclic) bond motifs is 1. The van der Waals surface area contributed by atoms with E-state index in [0.717, 1.165) is 35.3 Å². The van der Waals surface area contributed by atoms with Crippen molar-refractivity contribution in [3.8, 4) is 0 Å². The second-order valence-corrected chi connectivity index (χ2v) is 10.1. The monoisotopic (exact) mass is 406 g/mol. The first-order chi connectivity index (χ1) is 12.7. The third kappa shape index (κ3) is 4.06. The van der Waals surface area contributed by atoms with Crippen molar-refractivity contribution < 1.29 is 18.0 Å². The molecule has 144 valence electrons. The first-order valence-electron chi connectivity index (χ1n) is 8.73. The van der Waals surface area contributed by atoms with Gasteiger partial charge in [-0.15, -0.1) is 11.3 Å². The van der Waals surface area contributed by atoms with Crippen LogP contribution in [0, 0.1) is 13.8 Å². The predicted octanol–water partition coefficient (Wildman–Crippen LogP) is 2.76. The van der Waals surface area contributed by atoms with Crippen LogP contribution in [-0.4, -0.2) is 26.0 Å². The highest BCUT2D eigenvalue weighted by Crippen LogP contribution is 2.32. The molecule has 0 saturated heterocycles. The third-order valence-corrected chi connectivity index (χ3v) is 7.75. The number of carbonyl (C=O) groups is 2. The van der Waals surface area contributed by atoms with Crippen molar-refractivity contribution in [1.82, 2.24) is 0 Å². The van der Waals surface area contributed by atoms with Crippen LogP contribution in [0.4, 0.5) is 5.00 Å². The summed E-state index contributed by atoms with van der Waals surface area (Å²) in [5, 5.41) is 3.01. The summed E-state index contributed by atoms with van der Waals surface area (Å²) in [7, 11) is -3.55. The number of nitrogens with one attached hydrogen (secondary N) is 1. The van der Waals surface area contributed by atoms with Gasteiger partial charge in [0, 0.05) is 11.3 Å². The molecular formula is C19H22N2O4S2. The van der Waals surface area contributed by atoms with Gasteiger partial charge in [-0.3, -0.25) is 9.59 Å². The van der Waals surface area contributed by atoms with E-state index in [-0.39, 0.29) is 22.6 Å². The zero-order valence-electron chi connectivity index (χ0n) is 15.3. The fourth-order valence-electron chi connectivity index (χ4n) is 3.29. The van der Waals surface area contributed by atoms with Crippen LogP contribution in [0.2, 0.25) is 0 Å². The minimum Gasteiger partial charge on any atom is -0.365 e. The Morgan fingerprint density at radius 3 is 2.59 bits per heavy atom. The summed E-state index contributed by atoms with van der Waals surface area (Å²) in [5.41, 5.74) is 8.69. The van der Waals surface area contributed by atoms with Crippen molar-refractivity contribution in [3.63, 3.8) is 0 Å². The zero-order valence-corrected chi connectivity index (χ0v) is 16.9. The van der Waals surface area contributed by atoms with Crippen LogP contribution >= 0.6 is 11.3 Å². The van der Waals surface area contributed by atoms with E-state index >= 15 is 0 Å². The lowest BCUT2D eigenvalue weighted by atomic mass is 10.1. The van der Waals surface area contributed by atoms with Gasteiger partial charge in [-0.05, 0) is 61.9 Å². The number of sulfone groups is 1. The highest BCUT2D eigenvalue weighted by molar-refractivity contribution is 7.91. The Labute approximate surface area is 162 Å². The standard InChI is InChI=1S/C19H22N2O4S2/c1-11-12(2)26-19(17(11)18(20)23)21-16(22)8-9-27(24,25)15-7-6-13-4-3-5-14(13)10-15/h6-7,10H,3-5,8-9H2,1-2H3,(H2,20,23)(H,21,22). The number of primary amides is 1. The van der Waals surface area contributed by atoms with Gasteiger partial charge in [0.1, 0.15) is 5.00 Å². The van der Waals surface area contributed by atoms with Crippen molar-refractivity contribution in [2.24, 2.45) is 5.73 Å². The van der Waals surface area contributed by atoms with E-state index in [9.17, 15) is 18.0 Å². The first kappa shape index (κ1) is 19.6. The Bertz CT molecular complexity index is 1020. The number of benzene rings is 1. The van der Waals surface area contributed by atoms with Crippen LogP contribution in [0.3, 0.4) is 0 Å². The molecule has 6 nitrogen and oxygen atoms in total. The lowest BCUT2D eigenvalue weighted by molar-refractivity contribution is -0.115. The SMILES string of the molecule is Cc1sc(NC(=O)CCS(=O)(=O)c2ccc3c(c2)CCC3)c(C(N)=O)c1C. The maximum absolute atomic E-state index is 12.6.